The van der Waals surface area contributed by atoms with Crippen LogP contribution in [0, 0.1) is 35.5 Å². The van der Waals surface area contributed by atoms with E-state index in [2.05, 4.69) is 120 Å². The van der Waals surface area contributed by atoms with Gasteiger partial charge in [-0.1, -0.05) is 133 Å². The molecule has 226 valence electrons. The molecule has 0 spiro atoms. The molecule has 0 saturated heterocycles. The summed E-state index contributed by atoms with van der Waals surface area (Å²) in [4.78, 5) is 0. The van der Waals surface area contributed by atoms with Gasteiger partial charge in [-0.3, -0.25) is 9.05 Å². The summed E-state index contributed by atoms with van der Waals surface area (Å²) in [6.45, 7) is 14.1. The lowest BCUT2D eigenvalue weighted by atomic mass is 9.75. The summed E-state index contributed by atoms with van der Waals surface area (Å²) in [6, 6.07) is 27.6. The second kappa shape index (κ2) is 14.5. The zero-order valence-electron chi connectivity index (χ0n) is 26.5. The average molecular weight is 587 g/mol. The first-order valence-corrected chi connectivity index (χ1v) is 17.4. The molecule has 0 radical (unpaired) electrons. The largest absolute Gasteiger partial charge is 0.425 e. The molecule has 2 aliphatic carbocycles. The average Bonchev–Trinajstić information content (AvgIpc) is 2.98. The van der Waals surface area contributed by atoms with Gasteiger partial charge in [-0.05, 0) is 72.3 Å². The van der Waals surface area contributed by atoms with Crippen molar-refractivity contribution in [1.82, 2.24) is 0 Å². The maximum absolute atomic E-state index is 7.14. The summed E-state index contributed by atoms with van der Waals surface area (Å²) in [7, 11) is -1.64. The fourth-order valence-electron chi connectivity index (χ4n) is 7.16. The van der Waals surface area contributed by atoms with Gasteiger partial charge in [-0.2, -0.15) is 0 Å². The molecule has 0 bridgehead atoms. The van der Waals surface area contributed by atoms with Gasteiger partial charge in [-0.25, -0.2) is 0 Å². The minimum atomic E-state index is -1.64. The van der Waals surface area contributed by atoms with E-state index in [0.29, 0.717) is 35.5 Å². The molecule has 3 aromatic rings. The van der Waals surface area contributed by atoms with Crippen LogP contribution in [0.1, 0.15) is 80.1 Å². The van der Waals surface area contributed by atoms with Gasteiger partial charge in [0.05, 0.1) is 12.2 Å². The minimum absolute atomic E-state index is 0.141. The van der Waals surface area contributed by atoms with Crippen LogP contribution in [0.15, 0.2) is 78.9 Å². The van der Waals surface area contributed by atoms with Crippen LogP contribution in [-0.2, 0) is 9.05 Å². The molecule has 3 aromatic carbocycles. The van der Waals surface area contributed by atoms with Crippen LogP contribution in [0.2, 0.25) is 0 Å². The highest BCUT2D eigenvalue weighted by Crippen LogP contribution is 2.54. The Morgan fingerprint density at radius 3 is 1.40 bits per heavy atom. The molecule has 42 heavy (non-hydrogen) atoms. The zero-order chi connectivity index (χ0) is 29.6. The molecule has 0 N–H and O–H groups in total. The molecule has 0 aliphatic heterocycles. The quantitative estimate of drug-likeness (QED) is 0.221. The highest BCUT2D eigenvalue weighted by Gasteiger charge is 2.39. The van der Waals surface area contributed by atoms with Crippen molar-refractivity contribution in [2.75, 3.05) is 0 Å². The van der Waals surface area contributed by atoms with Crippen LogP contribution in [0.3, 0.4) is 0 Å². The predicted molar refractivity (Wildman–Crippen MR) is 177 cm³/mol. The summed E-state index contributed by atoms with van der Waals surface area (Å²) in [5, 5.41) is 0. The number of hydrogen-bond donors (Lipinski definition) is 0. The van der Waals surface area contributed by atoms with Crippen molar-refractivity contribution in [3.05, 3.63) is 78.9 Å². The van der Waals surface area contributed by atoms with Crippen molar-refractivity contribution in [2.24, 2.45) is 35.5 Å². The van der Waals surface area contributed by atoms with Crippen LogP contribution in [0.25, 0.3) is 22.3 Å². The Balaban J connectivity index is 1.56. The standard InChI is InChI=1S/C38H51O3P/c1-26(2)32-22-20-28(5)24-36(32)39-42(40-37-25-29(6)21-23-33(37)27(3)4)41-38-34(30-14-9-7-10-15-30)18-13-19-35(38)31-16-11-8-12-17-31/h7-19,26-29,32-33,36-37H,20-25H2,1-6H3. The van der Waals surface area contributed by atoms with Crippen molar-refractivity contribution in [1.29, 1.82) is 0 Å². The molecule has 6 unspecified atom stereocenters. The molecule has 2 fully saturated rings. The third-order valence-corrected chi connectivity index (χ3v) is 10.9. The second-order valence-electron chi connectivity index (χ2n) is 13.7. The molecule has 6 atom stereocenters. The van der Waals surface area contributed by atoms with Crippen LogP contribution in [0.5, 0.6) is 5.75 Å². The summed E-state index contributed by atoms with van der Waals surface area (Å²) >= 11 is 0. The van der Waals surface area contributed by atoms with Crippen LogP contribution >= 0.6 is 8.60 Å². The van der Waals surface area contributed by atoms with Gasteiger partial charge in [0, 0.05) is 11.1 Å². The van der Waals surface area contributed by atoms with E-state index in [4.69, 9.17) is 13.6 Å². The Kier molecular flexibility index (Phi) is 10.8. The van der Waals surface area contributed by atoms with Crippen molar-refractivity contribution in [2.45, 2.75) is 92.3 Å². The zero-order valence-corrected chi connectivity index (χ0v) is 27.4. The maximum Gasteiger partial charge on any atom is 0.397 e. The van der Waals surface area contributed by atoms with Gasteiger partial charge in [0.15, 0.2) is 0 Å². The third kappa shape index (κ3) is 7.65. The van der Waals surface area contributed by atoms with E-state index in [1.165, 1.54) is 25.7 Å². The molecule has 2 saturated carbocycles. The topological polar surface area (TPSA) is 27.7 Å². The van der Waals surface area contributed by atoms with Crippen molar-refractivity contribution < 1.29 is 13.6 Å². The van der Waals surface area contributed by atoms with Gasteiger partial charge in [-0.15, -0.1) is 0 Å². The normalized spacial score (nSPS) is 27.2. The third-order valence-electron chi connectivity index (χ3n) is 9.72. The second-order valence-corrected chi connectivity index (χ2v) is 14.7. The monoisotopic (exact) mass is 586 g/mol. The lowest BCUT2D eigenvalue weighted by molar-refractivity contribution is -0.00250. The summed E-state index contributed by atoms with van der Waals surface area (Å²) in [5.41, 5.74) is 4.42. The molecular formula is C38H51O3P. The smallest absolute Gasteiger partial charge is 0.397 e. The lowest BCUT2D eigenvalue weighted by Gasteiger charge is -2.41. The Bertz CT molecular complexity index is 1150. The molecular weight excluding hydrogens is 535 g/mol. The molecule has 5 rings (SSSR count). The molecule has 0 aromatic heterocycles. The molecule has 2 aliphatic rings. The molecule has 4 heteroatoms. The summed E-state index contributed by atoms with van der Waals surface area (Å²) < 4.78 is 21.4. The van der Waals surface area contributed by atoms with Gasteiger partial charge < -0.3 is 4.52 Å². The number of hydrogen-bond acceptors (Lipinski definition) is 3. The molecule has 3 nitrogen and oxygen atoms in total. The van der Waals surface area contributed by atoms with E-state index in [0.717, 1.165) is 40.8 Å². The fraction of sp³-hybridized carbons (Fsp3) is 0.526. The Morgan fingerprint density at radius 2 is 1.00 bits per heavy atom. The summed E-state index contributed by atoms with van der Waals surface area (Å²) in [6.07, 6.45) is 7.36. The van der Waals surface area contributed by atoms with E-state index < -0.39 is 8.60 Å². The van der Waals surface area contributed by atoms with Crippen molar-refractivity contribution in [3.8, 4) is 28.0 Å². The highest BCUT2D eigenvalue weighted by molar-refractivity contribution is 7.42. The Hall–Kier alpha value is -2.19. The van der Waals surface area contributed by atoms with Gasteiger partial charge >= 0.3 is 8.60 Å². The van der Waals surface area contributed by atoms with E-state index in [1.807, 2.05) is 0 Å². The number of benzene rings is 3. The first-order chi connectivity index (χ1) is 20.3. The highest BCUT2D eigenvalue weighted by atomic mass is 31.2. The fourth-order valence-corrected chi connectivity index (χ4v) is 8.57. The van der Waals surface area contributed by atoms with Gasteiger partial charge in [0.2, 0.25) is 0 Å². The minimum Gasteiger partial charge on any atom is -0.425 e. The van der Waals surface area contributed by atoms with Crippen molar-refractivity contribution >= 4 is 8.60 Å². The van der Waals surface area contributed by atoms with Crippen LogP contribution in [-0.4, -0.2) is 12.2 Å². The first kappa shape index (κ1) is 31.2. The Labute approximate surface area is 256 Å². The van der Waals surface area contributed by atoms with Crippen LogP contribution < -0.4 is 4.52 Å². The first-order valence-electron chi connectivity index (χ1n) is 16.4. The van der Waals surface area contributed by atoms with Crippen molar-refractivity contribution in [3.63, 3.8) is 0 Å². The number of para-hydroxylation sites is 1. The van der Waals surface area contributed by atoms with E-state index >= 15 is 0 Å². The number of rotatable bonds is 10. The van der Waals surface area contributed by atoms with E-state index in [1.54, 1.807) is 0 Å². The van der Waals surface area contributed by atoms with Gasteiger partial charge in [0.1, 0.15) is 5.75 Å². The molecule has 0 heterocycles. The SMILES string of the molecule is CC1CCC(C(C)C)C(OP(Oc2c(-c3ccccc3)cccc2-c2ccccc2)OC2CC(C)CCC2C(C)C)C1. The van der Waals surface area contributed by atoms with Gasteiger partial charge in [0.25, 0.3) is 0 Å². The molecule has 0 amide bonds. The van der Waals surface area contributed by atoms with E-state index in [-0.39, 0.29) is 12.2 Å². The van der Waals surface area contributed by atoms with Crippen LogP contribution in [0.4, 0.5) is 0 Å². The maximum atomic E-state index is 7.14. The predicted octanol–water partition coefficient (Wildman–Crippen LogP) is 11.6. The Morgan fingerprint density at radius 1 is 0.571 bits per heavy atom. The van der Waals surface area contributed by atoms with E-state index in [9.17, 15) is 0 Å². The lowest BCUT2D eigenvalue weighted by Crippen LogP contribution is -2.36. The summed E-state index contributed by atoms with van der Waals surface area (Å²) in [5.74, 6) is 4.32.